The molecule has 0 aliphatic carbocycles. The van der Waals surface area contributed by atoms with E-state index in [0.29, 0.717) is 59.5 Å². The van der Waals surface area contributed by atoms with Gasteiger partial charge in [-0.25, -0.2) is 9.79 Å². The number of esters is 1. The van der Waals surface area contributed by atoms with Crippen molar-refractivity contribution >= 4 is 50.9 Å². The number of benzene rings is 3. The number of allylic oxidation sites excluding steroid dienone is 1. The summed E-state index contributed by atoms with van der Waals surface area (Å²) in [6, 6.07) is 17.7. The van der Waals surface area contributed by atoms with Crippen LogP contribution in [-0.2, 0) is 16.1 Å². The number of para-hydroxylation sites is 1. The van der Waals surface area contributed by atoms with Gasteiger partial charge in [0.05, 0.1) is 42.2 Å². The molecule has 4 aromatic rings. The third-order valence-corrected chi connectivity index (χ3v) is 8.98. The third-order valence-electron chi connectivity index (χ3n) is 6.94. The minimum absolute atomic E-state index is 0.172. The summed E-state index contributed by atoms with van der Waals surface area (Å²) < 4.78 is 25.5. The molecule has 0 saturated heterocycles. The number of carbonyl (C=O) groups excluding carboxylic acids is 1. The van der Waals surface area contributed by atoms with Gasteiger partial charge in [-0.15, -0.1) is 0 Å². The van der Waals surface area contributed by atoms with Crippen molar-refractivity contribution in [3.63, 3.8) is 0 Å². The number of aromatic nitrogens is 1. The minimum Gasteiger partial charge on any atom is -0.493 e. The van der Waals surface area contributed by atoms with Crippen molar-refractivity contribution in [2.24, 2.45) is 4.99 Å². The second-order valence-corrected chi connectivity index (χ2v) is 11.9. The number of rotatable bonds is 10. The van der Waals surface area contributed by atoms with Gasteiger partial charge >= 0.3 is 5.97 Å². The van der Waals surface area contributed by atoms with E-state index < -0.39 is 12.0 Å². The lowest BCUT2D eigenvalue weighted by molar-refractivity contribution is -0.139. The lowest BCUT2D eigenvalue weighted by Crippen LogP contribution is -2.40. The predicted molar refractivity (Wildman–Crippen MR) is 174 cm³/mol. The molecular weight excluding hydrogens is 668 g/mol. The first-order valence-electron chi connectivity index (χ1n) is 13.9. The Balaban J connectivity index is 1.65. The van der Waals surface area contributed by atoms with E-state index in [1.54, 1.807) is 39.2 Å². The molecule has 5 rings (SSSR count). The molecule has 228 valence electrons. The zero-order valence-corrected chi connectivity index (χ0v) is 27.7. The number of hydrogen-bond donors (Lipinski definition) is 0. The maximum atomic E-state index is 14.2. The molecule has 0 fully saturated rings. The van der Waals surface area contributed by atoms with Gasteiger partial charge in [-0.1, -0.05) is 75.3 Å². The van der Waals surface area contributed by atoms with Crippen molar-refractivity contribution in [2.75, 3.05) is 20.3 Å². The molecule has 8 nitrogen and oxygen atoms in total. The number of halogens is 2. The molecule has 0 unspecified atom stereocenters. The van der Waals surface area contributed by atoms with Crippen LogP contribution >= 0.6 is 38.9 Å². The highest BCUT2D eigenvalue weighted by Gasteiger charge is 2.35. The van der Waals surface area contributed by atoms with Crippen molar-refractivity contribution < 1.29 is 23.7 Å². The normalized spacial score (nSPS) is 14.6. The van der Waals surface area contributed by atoms with Crippen molar-refractivity contribution in [1.29, 1.82) is 0 Å². The molecule has 0 bridgehead atoms. The summed E-state index contributed by atoms with van der Waals surface area (Å²) in [5.41, 5.74) is 2.60. The second-order valence-electron chi connectivity index (χ2n) is 9.68. The largest absolute Gasteiger partial charge is 0.493 e. The summed E-state index contributed by atoms with van der Waals surface area (Å²) in [6.07, 6.45) is 1.78. The monoisotopic (exact) mass is 696 g/mol. The van der Waals surface area contributed by atoms with Gasteiger partial charge in [-0.3, -0.25) is 9.36 Å². The van der Waals surface area contributed by atoms with Gasteiger partial charge in [0.1, 0.15) is 12.4 Å². The van der Waals surface area contributed by atoms with E-state index in [9.17, 15) is 9.59 Å². The smallest absolute Gasteiger partial charge is 0.338 e. The highest BCUT2D eigenvalue weighted by molar-refractivity contribution is 9.10. The molecule has 0 radical (unpaired) electrons. The molecule has 2 heterocycles. The van der Waals surface area contributed by atoms with Gasteiger partial charge in [-0.05, 0) is 56.7 Å². The Morgan fingerprint density at radius 1 is 1.05 bits per heavy atom. The first-order chi connectivity index (χ1) is 21.3. The minimum atomic E-state index is -0.835. The first kappa shape index (κ1) is 31.6. The SMILES string of the molecule is CCOC(=O)C1=C(C)N=c2s/c(=C/c3ccccc3OCc3ccccc3Cl)c(=O)n2[C@@H]1c1cc(OC)c(OCC)cc1Br. The fraction of sp³-hybridized carbons (Fsp3) is 0.242. The van der Waals surface area contributed by atoms with Gasteiger partial charge in [0.15, 0.2) is 16.3 Å². The summed E-state index contributed by atoms with van der Waals surface area (Å²) in [4.78, 5) is 32.7. The Morgan fingerprint density at radius 3 is 2.52 bits per heavy atom. The van der Waals surface area contributed by atoms with Crippen LogP contribution < -0.4 is 29.1 Å². The lowest BCUT2D eigenvalue weighted by Gasteiger charge is -2.26. The van der Waals surface area contributed by atoms with Crippen molar-refractivity contribution in [1.82, 2.24) is 4.57 Å². The van der Waals surface area contributed by atoms with Crippen molar-refractivity contribution in [3.8, 4) is 17.2 Å². The van der Waals surface area contributed by atoms with Crippen LogP contribution in [-0.4, -0.2) is 30.9 Å². The summed E-state index contributed by atoms with van der Waals surface area (Å²) >= 11 is 11.2. The zero-order valence-electron chi connectivity index (χ0n) is 24.6. The molecule has 0 saturated carbocycles. The fourth-order valence-corrected chi connectivity index (χ4v) is 6.68. The van der Waals surface area contributed by atoms with E-state index in [1.807, 2.05) is 55.5 Å². The summed E-state index contributed by atoms with van der Waals surface area (Å²) in [5, 5.41) is 0.614. The van der Waals surface area contributed by atoms with E-state index >= 15 is 0 Å². The average molecular weight is 698 g/mol. The van der Waals surface area contributed by atoms with Crippen molar-refractivity contribution in [3.05, 3.63) is 118 Å². The van der Waals surface area contributed by atoms with Crippen LogP contribution in [0.2, 0.25) is 5.02 Å². The molecule has 1 aromatic heterocycles. The maximum absolute atomic E-state index is 14.2. The lowest BCUT2D eigenvalue weighted by atomic mass is 9.95. The van der Waals surface area contributed by atoms with Crippen LogP contribution in [0.3, 0.4) is 0 Å². The average Bonchev–Trinajstić information content (AvgIpc) is 3.31. The molecular formula is C33H30BrClN2O6S. The quantitative estimate of drug-likeness (QED) is 0.184. The standard InChI is InChI=1S/C33H30BrClN2O6S/c1-5-41-27-17-23(34)22(16-26(27)40-4)30-29(32(39)42-6-2)19(3)36-33-37(30)31(38)28(44-33)15-20-11-8-10-14-25(20)43-18-21-12-7-9-13-24(21)35/h7-17,30H,5-6,18H2,1-4H3/b28-15+/t30-/m1/s1. The number of carbonyl (C=O) groups is 1. The molecule has 0 N–H and O–H groups in total. The predicted octanol–water partition coefficient (Wildman–Crippen LogP) is 6.20. The second kappa shape index (κ2) is 13.8. The molecule has 1 aliphatic heterocycles. The van der Waals surface area contributed by atoms with Gasteiger partial charge in [0.2, 0.25) is 0 Å². The highest BCUT2D eigenvalue weighted by atomic mass is 79.9. The molecule has 1 atom stereocenters. The fourth-order valence-electron chi connectivity index (χ4n) is 4.92. The summed E-state index contributed by atoms with van der Waals surface area (Å²) in [5.74, 6) is 1.04. The topological polar surface area (TPSA) is 88.4 Å². The number of nitrogens with zero attached hydrogens (tertiary/aromatic N) is 2. The van der Waals surface area contributed by atoms with Gasteiger partial charge in [-0.2, -0.15) is 0 Å². The Bertz CT molecular complexity index is 1930. The van der Waals surface area contributed by atoms with Crippen LogP contribution in [0.15, 0.2) is 86.2 Å². The maximum Gasteiger partial charge on any atom is 0.338 e. The molecule has 3 aromatic carbocycles. The van der Waals surface area contributed by atoms with E-state index in [4.69, 9.17) is 30.5 Å². The Hall–Kier alpha value is -3.86. The van der Waals surface area contributed by atoms with Crippen LogP contribution in [0.5, 0.6) is 17.2 Å². The molecule has 44 heavy (non-hydrogen) atoms. The molecule has 1 aliphatic rings. The Kier molecular flexibility index (Phi) is 9.93. The number of ether oxygens (including phenoxy) is 4. The Morgan fingerprint density at radius 2 is 1.80 bits per heavy atom. The summed E-state index contributed by atoms with van der Waals surface area (Å²) in [7, 11) is 1.54. The summed E-state index contributed by atoms with van der Waals surface area (Å²) in [6.45, 7) is 6.23. The van der Waals surface area contributed by atoms with E-state index in [-0.39, 0.29) is 24.3 Å². The number of thiazole rings is 1. The van der Waals surface area contributed by atoms with Crippen LogP contribution in [0.4, 0.5) is 0 Å². The zero-order chi connectivity index (χ0) is 31.4. The van der Waals surface area contributed by atoms with Crippen LogP contribution in [0.1, 0.15) is 43.5 Å². The molecule has 0 spiro atoms. The van der Waals surface area contributed by atoms with Gasteiger partial charge < -0.3 is 18.9 Å². The number of hydrogen-bond acceptors (Lipinski definition) is 8. The van der Waals surface area contributed by atoms with E-state index in [1.165, 1.54) is 15.9 Å². The number of fused-ring (bicyclic) bond motifs is 1. The highest BCUT2D eigenvalue weighted by Crippen LogP contribution is 2.41. The molecule has 11 heteroatoms. The van der Waals surface area contributed by atoms with Gasteiger partial charge in [0, 0.05) is 20.6 Å². The number of methoxy groups -OCH3 is 1. The van der Waals surface area contributed by atoms with Crippen LogP contribution in [0, 0.1) is 0 Å². The molecule has 0 amide bonds. The van der Waals surface area contributed by atoms with E-state index in [2.05, 4.69) is 20.9 Å². The van der Waals surface area contributed by atoms with Gasteiger partial charge in [0.25, 0.3) is 5.56 Å². The van der Waals surface area contributed by atoms with Crippen molar-refractivity contribution in [2.45, 2.75) is 33.4 Å². The first-order valence-corrected chi connectivity index (χ1v) is 15.9. The van der Waals surface area contributed by atoms with E-state index in [0.717, 1.165) is 5.56 Å². The Labute approximate surface area is 272 Å². The van der Waals surface area contributed by atoms with Crippen LogP contribution in [0.25, 0.3) is 6.08 Å². The third kappa shape index (κ3) is 6.33.